The van der Waals surface area contributed by atoms with Crippen LogP contribution in [-0.2, 0) is 0 Å². The lowest BCUT2D eigenvalue weighted by molar-refractivity contribution is 0.0940. The predicted molar refractivity (Wildman–Crippen MR) is 114 cm³/mol. The van der Waals surface area contributed by atoms with Gasteiger partial charge in [-0.3, -0.25) is 9.59 Å². The van der Waals surface area contributed by atoms with Crippen molar-refractivity contribution in [2.75, 3.05) is 26.0 Å². The molecule has 0 saturated carbocycles. The molecule has 5 nitrogen and oxygen atoms in total. The summed E-state index contributed by atoms with van der Waals surface area (Å²) in [6.45, 7) is 0.321. The Morgan fingerprint density at radius 3 is 2.52 bits per heavy atom. The molecule has 0 fully saturated rings. The molecule has 0 radical (unpaired) electrons. The van der Waals surface area contributed by atoms with Crippen LogP contribution in [0, 0.1) is 5.82 Å². The van der Waals surface area contributed by atoms with Crippen molar-refractivity contribution < 1.29 is 14.0 Å². The molecular weight excluding hydrogens is 389 g/mol. The number of nitrogens with zero attached hydrogens (tertiary/aromatic N) is 1. The van der Waals surface area contributed by atoms with Gasteiger partial charge in [-0.05, 0) is 61.4 Å². The number of carbonyl (C=O) groups excluding carboxylic acids is 2. The summed E-state index contributed by atoms with van der Waals surface area (Å²) in [5, 5.41) is 7.52. The molecule has 29 heavy (non-hydrogen) atoms. The monoisotopic (exact) mass is 411 g/mol. The molecule has 2 aromatic carbocycles. The summed E-state index contributed by atoms with van der Waals surface area (Å²) in [6, 6.07) is 16.5. The molecule has 0 aliphatic heterocycles. The van der Waals surface area contributed by atoms with Gasteiger partial charge in [0.2, 0.25) is 0 Å². The van der Waals surface area contributed by atoms with Crippen LogP contribution in [0.2, 0.25) is 0 Å². The highest BCUT2D eigenvalue weighted by Crippen LogP contribution is 2.19. The van der Waals surface area contributed by atoms with Gasteiger partial charge in [-0.25, -0.2) is 4.39 Å². The van der Waals surface area contributed by atoms with Gasteiger partial charge in [-0.1, -0.05) is 24.3 Å². The van der Waals surface area contributed by atoms with Gasteiger partial charge in [0.15, 0.2) is 0 Å². The van der Waals surface area contributed by atoms with Crippen molar-refractivity contribution in [3.8, 4) is 0 Å². The Morgan fingerprint density at radius 2 is 1.83 bits per heavy atom. The molecule has 3 rings (SSSR count). The van der Waals surface area contributed by atoms with E-state index in [2.05, 4.69) is 10.6 Å². The van der Waals surface area contributed by atoms with Gasteiger partial charge < -0.3 is 15.5 Å². The average Bonchev–Trinajstić information content (AvgIpc) is 3.23. The Kier molecular flexibility index (Phi) is 6.74. The summed E-state index contributed by atoms with van der Waals surface area (Å²) in [7, 11) is 3.75. The standard InChI is InChI=1S/C22H22FN3O2S/c1-26(2)19(15-6-3-8-17(23)12-15)14-24-21(27)16-7-4-9-18(13-16)25-22(28)20-10-5-11-29-20/h3-13,19H,14H2,1-2H3,(H,24,27)(H,25,28)/t19-/m0/s1. The molecule has 0 aliphatic rings. The third kappa shape index (κ3) is 5.49. The molecule has 0 saturated heterocycles. The Bertz CT molecular complexity index is 989. The normalized spacial score (nSPS) is 11.9. The maximum Gasteiger partial charge on any atom is 0.265 e. The maximum absolute atomic E-state index is 13.6. The summed E-state index contributed by atoms with van der Waals surface area (Å²) in [5.41, 5.74) is 1.77. The second kappa shape index (κ2) is 9.45. The number of hydrogen-bond acceptors (Lipinski definition) is 4. The first-order chi connectivity index (χ1) is 13.9. The number of anilines is 1. The topological polar surface area (TPSA) is 61.4 Å². The largest absolute Gasteiger partial charge is 0.350 e. The quantitative estimate of drug-likeness (QED) is 0.613. The first kappa shape index (κ1) is 20.7. The maximum atomic E-state index is 13.6. The molecule has 0 bridgehead atoms. The molecule has 3 aromatic rings. The summed E-state index contributed by atoms with van der Waals surface area (Å²) >= 11 is 1.35. The van der Waals surface area contributed by atoms with Gasteiger partial charge >= 0.3 is 0 Å². The number of carbonyl (C=O) groups is 2. The SMILES string of the molecule is CN(C)[C@@H](CNC(=O)c1cccc(NC(=O)c2cccs2)c1)c1cccc(F)c1. The number of thiophene rings is 1. The lowest BCUT2D eigenvalue weighted by Gasteiger charge is -2.25. The van der Waals surface area contributed by atoms with E-state index < -0.39 is 0 Å². The molecule has 2 N–H and O–H groups in total. The fourth-order valence-electron chi connectivity index (χ4n) is 2.94. The van der Waals surface area contributed by atoms with E-state index in [1.54, 1.807) is 36.4 Å². The summed E-state index contributed by atoms with van der Waals surface area (Å²) in [6.07, 6.45) is 0. The molecule has 1 aromatic heterocycles. The first-order valence-electron chi connectivity index (χ1n) is 9.09. The number of benzene rings is 2. The second-order valence-electron chi connectivity index (χ2n) is 6.76. The Hall–Kier alpha value is -3.03. The summed E-state index contributed by atoms with van der Waals surface area (Å²) in [4.78, 5) is 27.3. The van der Waals surface area contributed by atoms with E-state index in [9.17, 15) is 14.0 Å². The van der Waals surface area contributed by atoms with E-state index in [-0.39, 0.29) is 23.7 Å². The van der Waals surface area contributed by atoms with E-state index in [4.69, 9.17) is 0 Å². The van der Waals surface area contributed by atoms with Crippen molar-refractivity contribution in [1.29, 1.82) is 0 Å². The highest BCUT2D eigenvalue weighted by Gasteiger charge is 2.17. The lowest BCUT2D eigenvalue weighted by atomic mass is 10.1. The van der Waals surface area contributed by atoms with Crippen molar-refractivity contribution in [1.82, 2.24) is 10.2 Å². The van der Waals surface area contributed by atoms with Crippen LogP contribution in [0.5, 0.6) is 0 Å². The van der Waals surface area contributed by atoms with Crippen molar-refractivity contribution in [2.24, 2.45) is 0 Å². The molecule has 0 spiro atoms. The van der Waals surface area contributed by atoms with Crippen molar-refractivity contribution in [3.05, 3.63) is 87.9 Å². The van der Waals surface area contributed by atoms with Crippen LogP contribution in [0.15, 0.2) is 66.0 Å². The van der Waals surface area contributed by atoms with E-state index in [1.165, 1.54) is 23.5 Å². The van der Waals surface area contributed by atoms with Gasteiger partial charge in [0.05, 0.1) is 10.9 Å². The Balaban J connectivity index is 1.66. The van der Waals surface area contributed by atoms with Gasteiger partial charge in [0.25, 0.3) is 11.8 Å². The molecule has 7 heteroatoms. The average molecular weight is 412 g/mol. The number of nitrogens with one attached hydrogen (secondary N) is 2. The highest BCUT2D eigenvalue weighted by atomic mass is 32.1. The molecule has 1 atom stereocenters. The van der Waals surface area contributed by atoms with E-state index in [1.807, 2.05) is 36.5 Å². The number of likely N-dealkylation sites (N-methyl/N-ethyl adjacent to an activating group) is 1. The Morgan fingerprint density at radius 1 is 1.03 bits per heavy atom. The summed E-state index contributed by atoms with van der Waals surface area (Å²) in [5.74, 6) is -0.785. The molecule has 150 valence electrons. The second-order valence-corrected chi connectivity index (χ2v) is 7.70. The van der Waals surface area contributed by atoms with Crippen LogP contribution >= 0.6 is 11.3 Å². The Labute approximate surface area is 173 Å². The van der Waals surface area contributed by atoms with Crippen LogP contribution in [0.4, 0.5) is 10.1 Å². The zero-order valence-electron chi connectivity index (χ0n) is 16.2. The smallest absolute Gasteiger partial charge is 0.265 e. The van der Waals surface area contributed by atoms with Crippen molar-refractivity contribution in [2.45, 2.75) is 6.04 Å². The third-order valence-corrected chi connectivity index (χ3v) is 5.31. The molecule has 0 aliphatic carbocycles. The van der Waals surface area contributed by atoms with Gasteiger partial charge in [-0.15, -0.1) is 11.3 Å². The van der Waals surface area contributed by atoms with Crippen LogP contribution < -0.4 is 10.6 Å². The van der Waals surface area contributed by atoms with Crippen molar-refractivity contribution >= 4 is 28.8 Å². The van der Waals surface area contributed by atoms with Gasteiger partial charge in [-0.2, -0.15) is 0 Å². The van der Waals surface area contributed by atoms with Crippen molar-refractivity contribution in [3.63, 3.8) is 0 Å². The van der Waals surface area contributed by atoms with Crippen LogP contribution in [0.25, 0.3) is 0 Å². The van der Waals surface area contributed by atoms with Crippen LogP contribution in [-0.4, -0.2) is 37.4 Å². The van der Waals surface area contributed by atoms with E-state index in [0.29, 0.717) is 22.7 Å². The molecule has 0 unspecified atom stereocenters. The van der Waals surface area contributed by atoms with E-state index >= 15 is 0 Å². The summed E-state index contributed by atoms with van der Waals surface area (Å²) < 4.78 is 13.6. The molecule has 2 amide bonds. The fourth-order valence-corrected chi connectivity index (χ4v) is 3.56. The lowest BCUT2D eigenvalue weighted by Crippen LogP contribution is -2.34. The number of rotatable bonds is 7. The predicted octanol–water partition coefficient (Wildman–Crippen LogP) is 4.17. The minimum absolute atomic E-state index is 0.170. The first-order valence-corrected chi connectivity index (χ1v) is 9.97. The minimum atomic E-state index is -0.310. The van der Waals surface area contributed by atoms with Crippen LogP contribution in [0.3, 0.4) is 0 Å². The number of halogens is 1. The van der Waals surface area contributed by atoms with Gasteiger partial charge in [0.1, 0.15) is 5.82 Å². The number of hydrogen-bond donors (Lipinski definition) is 2. The third-order valence-electron chi connectivity index (χ3n) is 4.44. The molecule has 1 heterocycles. The van der Waals surface area contributed by atoms with Gasteiger partial charge in [0, 0.05) is 17.8 Å². The zero-order valence-corrected chi connectivity index (χ0v) is 17.0. The van der Waals surface area contributed by atoms with E-state index in [0.717, 1.165) is 5.56 Å². The van der Waals surface area contributed by atoms with Crippen LogP contribution in [0.1, 0.15) is 31.6 Å². The highest BCUT2D eigenvalue weighted by molar-refractivity contribution is 7.12. The minimum Gasteiger partial charge on any atom is -0.350 e. The fraction of sp³-hybridized carbons (Fsp3) is 0.182. The molecular formula is C22H22FN3O2S. The number of amides is 2. The zero-order chi connectivity index (χ0) is 20.8.